The van der Waals surface area contributed by atoms with Crippen LogP contribution in [0.3, 0.4) is 0 Å². The third-order valence-corrected chi connectivity index (χ3v) is 4.94. The molecule has 0 saturated heterocycles. The molecule has 6 heteroatoms. The molecule has 1 N–H and O–H groups in total. The Morgan fingerprint density at radius 1 is 1.10 bits per heavy atom. The molecule has 0 fully saturated rings. The highest BCUT2D eigenvalue weighted by atomic mass is 16.5. The first-order chi connectivity index (χ1) is 15.0. The van der Waals surface area contributed by atoms with E-state index in [-0.39, 0.29) is 5.91 Å². The number of aromatic nitrogens is 2. The molecule has 0 bridgehead atoms. The van der Waals surface area contributed by atoms with E-state index in [2.05, 4.69) is 21.6 Å². The second-order valence-electron chi connectivity index (χ2n) is 7.25. The number of pyridine rings is 2. The Morgan fingerprint density at radius 2 is 1.90 bits per heavy atom. The smallest absolute Gasteiger partial charge is 0.272 e. The van der Waals surface area contributed by atoms with Crippen molar-refractivity contribution in [2.75, 3.05) is 7.11 Å². The van der Waals surface area contributed by atoms with E-state index in [0.29, 0.717) is 11.3 Å². The number of fused-ring (bicyclic) bond motifs is 1. The molecule has 2 aromatic heterocycles. The van der Waals surface area contributed by atoms with Gasteiger partial charge in [0.15, 0.2) is 0 Å². The molecule has 4 rings (SSSR count). The molecule has 0 radical (unpaired) electrons. The van der Waals surface area contributed by atoms with Crippen molar-refractivity contribution >= 4 is 23.0 Å². The average Bonchev–Trinajstić information content (AvgIpc) is 2.79. The molecule has 0 unspecified atom stereocenters. The fourth-order valence-electron chi connectivity index (χ4n) is 3.46. The standard InChI is InChI=1S/C25H22N4O2/c1-16-11-17(2)24-21(12-16)22(25(30)29-27-15-18-5-4-10-26-14-18)13-23(28-24)19-6-8-20(31-3)9-7-19/h4-15H,1-3H3,(H,29,30)/b27-15-. The summed E-state index contributed by atoms with van der Waals surface area (Å²) in [6, 6.07) is 17.1. The maximum atomic E-state index is 13.1. The number of benzene rings is 2. The zero-order valence-corrected chi connectivity index (χ0v) is 17.6. The number of aryl methyl sites for hydroxylation is 2. The van der Waals surface area contributed by atoms with Gasteiger partial charge in [0, 0.05) is 28.9 Å². The van der Waals surface area contributed by atoms with Gasteiger partial charge in [-0.05, 0) is 61.9 Å². The number of amides is 1. The third-order valence-electron chi connectivity index (χ3n) is 4.94. The first-order valence-corrected chi connectivity index (χ1v) is 9.85. The molecule has 31 heavy (non-hydrogen) atoms. The van der Waals surface area contributed by atoms with Crippen LogP contribution in [0.4, 0.5) is 0 Å². The van der Waals surface area contributed by atoms with Gasteiger partial charge in [-0.3, -0.25) is 9.78 Å². The van der Waals surface area contributed by atoms with Crippen molar-refractivity contribution < 1.29 is 9.53 Å². The molecule has 2 heterocycles. The highest BCUT2D eigenvalue weighted by molar-refractivity contribution is 6.08. The first-order valence-electron chi connectivity index (χ1n) is 9.85. The Balaban J connectivity index is 1.76. The molecule has 0 aliphatic rings. The molecule has 0 aliphatic carbocycles. The molecule has 0 saturated carbocycles. The normalized spacial score (nSPS) is 11.1. The molecule has 154 valence electrons. The molecule has 0 spiro atoms. The molecule has 2 aromatic carbocycles. The van der Waals surface area contributed by atoms with E-state index in [9.17, 15) is 4.79 Å². The highest BCUT2D eigenvalue weighted by Gasteiger charge is 2.15. The van der Waals surface area contributed by atoms with Crippen LogP contribution >= 0.6 is 0 Å². The van der Waals surface area contributed by atoms with Crippen LogP contribution in [0.25, 0.3) is 22.2 Å². The van der Waals surface area contributed by atoms with E-state index in [4.69, 9.17) is 9.72 Å². The Hall–Kier alpha value is -4.06. The summed E-state index contributed by atoms with van der Waals surface area (Å²) in [5.41, 5.74) is 8.43. The van der Waals surface area contributed by atoms with Gasteiger partial charge in [0.2, 0.25) is 0 Å². The summed E-state index contributed by atoms with van der Waals surface area (Å²) in [6.07, 6.45) is 4.92. The van der Waals surface area contributed by atoms with Crippen molar-refractivity contribution in [2.24, 2.45) is 5.10 Å². The Bertz CT molecular complexity index is 1270. The SMILES string of the molecule is COc1ccc(-c2cc(C(=O)N/N=C\c3cccnc3)c3cc(C)cc(C)c3n2)cc1. The number of ether oxygens (including phenoxy) is 1. The zero-order valence-electron chi connectivity index (χ0n) is 17.6. The van der Waals surface area contributed by atoms with Crippen molar-refractivity contribution in [3.05, 3.63) is 89.2 Å². The van der Waals surface area contributed by atoms with Crippen LogP contribution in [0, 0.1) is 13.8 Å². The first kappa shape index (κ1) is 20.2. The van der Waals surface area contributed by atoms with Gasteiger partial charge in [-0.1, -0.05) is 17.7 Å². The van der Waals surface area contributed by atoms with E-state index in [1.807, 2.05) is 56.3 Å². The molecular formula is C25H22N4O2. The van der Waals surface area contributed by atoms with Gasteiger partial charge in [0.1, 0.15) is 5.75 Å². The monoisotopic (exact) mass is 410 g/mol. The fraction of sp³-hybridized carbons (Fsp3) is 0.120. The van der Waals surface area contributed by atoms with Gasteiger partial charge in [0.25, 0.3) is 5.91 Å². The number of nitrogens with zero attached hydrogens (tertiary/aromatic N) is 3. The largest absolute Gasteiger partial charge is 0.497 e. The van der Waals surface area contributed by atoms with E-state index in [1.54, 1.807) is 31.8 Å². The number of rotatable bonds is 5. The minimum Gasteiger partial charge on any atom is -0.497 e. The van der Waals surface area contributed by atoms with Gasteiger partial charge in [-0.15, -0.1) is 0 Å². The van der Waals surface area contributed by atoms with Gasteiger partial charge >= 0.3 is 0 Å². The Kier molecular flexibility index (Phi) is 5.71. The summed E-state index contributed by atoms with van der Waals surface area (Å²) < 4.78 is 5.25. The van der Waals surface area contributed by atoms with Crippen LogP contribution in [0.2, 0.25) is 0 Å². The zero-order chi connectivity index (χ0) is 21.8. The maximum absolute atomic E-state index is 13.1. The number of methoxy groups -OCH3 is 1. The van der Waals surface area contributed by atoms with Crippen LogP contribution in [-0.4, -0.2) is 29.2 Å². The van der Waals surface area contributed by atoms with Crippen LogP contribution < -0.4 is 10.2 Å². The van der Waals surface area contributed by atoms with E-state index in [1.165, 1.54) is 0 Å². The topological polar surface area (TPSA) is 76.5 Å². The van der Waals surface area contributed by atoms with E-state index in [0.717, 1.165) is 38.9 Å². The van der Waals surface area contributed by atoms with Crippen LogP contribution in [-0.2, 0) is 0 Å². The summed E-state index contributed by atoms with van der Waals surface area (Å²) in [6.45, 7) is 4.01. The number of carbonyl (C=O) groups excluding carboxylic acids is 1. The lowest BCUT2D eigenvalue weighted by Gasteiger charge is -2.12. The van der Waals surface area contributed by atoms with Crippen molar-refractivity contribution in [3.8, 4) is 17.0 Å². The van der Waals surface area contributed by atoms with Gasteiger partial charge in [-0.25, -0.2) is 10.4 Å². The van der Waals surface area contributed by atoms with E-state index < -0.39 is 0 Å². The van der Waals surface area contributed by atoms with Crippen LogP contribution in [0.15, 0.2) is 72.1 Å². The van der Waals surface area contributed by atoms with Gasteiger partial charge < -0.3 is 4.74 Å². The minimum absolute atomic E-state index is 0.299. The predicted molar refractivity (Wildman–Crippen MR) is 123 cm³/mol. The minimum atomic E-state index is -0.299. The number of carbonyl (C=O) groups is 1. The Morgan fingerprint density at radius 3 is 2.61 bits per heavy atom. The molecule has 0 aliphatic heterocycles. The number of hydrazone groups is 1. The lowest BCUT2D eigenvalue weighted by molar-refractivity contribution is 0.0956. The summed E-state index contributed by atoms with van der Waals surface area (Å²) in [5.74, 6) is 0.464. The van der Waals surface area contributed by atoms with Gasteiger partial charge in [0.05, 0.1) is 30.1 Å². The predicted octanol–water partition coefficient (Wildman–Crippen LogP) is 4.69. The molecule has 4 aromatic rings. The fourth-order valence-corrected chi connectivity index (χ4v) is 3.46. The van der Waals surface area contributed by atoms with Crippen molar-refractivity contribution in [1.29, 1.82) is 0 Å². The summed E-state index contributed by atoms with van der Waals surface area (Å²) in [4.78, 5) is 21.9. The summed E-state index contributed by atoms with van der Waals surface area (Å²) >= 11 is 0. The van der Waals surface area contributed by atoms with Crippen LogP contribution in [0.5, 0.6) is 5.75 Å². The van der Waals surface area contributed by atoms with Crippen molar-refractivity contribution in [1.82, 2.24) is 15.4 Å². The quantitative estimate of drug-likeness (QED) is 0.383. The number of hydrogen-bond acceptors (Lipinski definition) is 5. The average molecular weight is 410 g/mol. The molecular weight excluding hydrogens is 388 g/mol. The number of nitrogens with one attached hydrogen (secondary N) is 1. The Labute approximate surface area is 180 Å². The molecule has 0 atom stereocenters. The third kappa shape index (κ3) is 4.43. The molecule has 6 nitrogen and oxygen atoms in total. The van der Waals surface area contributed by atoms with Crippen LogP contribution in [0.1, 0.15) is 27.0 Å². The van der Waals surface area contributed by atoms with Crippen molar-refractivity contribution in [3.63, 3.8) is 0 Å². The summed E-state index contributed by atoms with van der Waals surface area (Å²) in [7, 11) is 1.63. The second kappa shape index (κ2) is 8.75. The van der Waals surface area contributed by atoms with Gasteiger partial charge in [-0.2, -0.15) is 5.10 Å². The number of hydrogen-bond donors (Lipinski definition) is 1. The summed E-state index contributed by atoms with van der Waals surface area (Å²) in [5, 5.41) is 4.89. The lowest BCUT2D eigenvalue weighted by Crippen LogP contribution is -2.18. The second-order valence-corrected chi connectivity index (χ2v) is 7.25. The lowest BCUT2D eigenvalue weighted by atomic mass is 9.99. The highest BCUT2D eigenvalue weighted by Crippen LogP contribution is 2.29. The van der Waals surface area contributed by atoms with Crippen molar-refractivity contribution in [2.45, 2.75) is 13.8 Å². The maximum Gasteiger partial charge on any atom is 0.272 e. The molecule has 1 amide bonds. The van der Waals surface area contributed by atoms with E-state index >= 15 is 0 Å².